The van der Waals surface area contributed by atoms with Crippen molar-refractivity contribution in [2.24, 2.45) is 0 Å². The number of rotatable bonds is 0. The third-order valence-electron chi connectivity index (χ3n) is 2.70. The molecule has 3 nitrogen and oxygen atoms in total. The fourth-order valence-electron chi connectivity index (χ4n) is 1.84. The van der Waals surface area contributed by atoms with Crippen LogP contribution in [-0.2, 0) is 12.3 Å². The molecule has 1 aromatic heterocycles. The molecule has 2 heterocycles. The molecule has 3 rings (SSSR count). The van der Waals surface area contributed by atoms with Gasteiger partial charge in [-0.3, -0.25) is 9.36 Å². The summed E-state index contributed by atoms with van der Waals surface area (Å²) in [6.07, 6.45) is 1.58. The minimum Gasteiger partial charge on any atom is -0.283 e. The summed E-state index contributed by atoms with van der Waals surface area (Å²) in [6.45, 7) is 0.630. The number of hydrogen-bond acceptors (Lipinski definition) is 3. The first-order valence-corrected chi connectivity index (χ1v) is 6.08. The molecule has 0 aliphatic carbocycles. The van der Waals surface area contributed by atoms with Crippen LogP contribution in [0.15, 0.2) is 46.5 Å². The molecule has 2 aromatic rings. The van der Waals surface area contributed by atoms with Gasteiger partial charge < -0.3 is 0 Å². The number of benzene rings is 1. The van der Waals surface area contributed by atoms with Crippen molar-refractivity contribution in [2.45, 2.75) is 17.5 Å². The second-order valence-electron chi connectivity index (χ2n) is 3.71. The summed E-state index contributed by atoms with van der Waals surface area (Å²) >= 11 is 1.62. The highest BCUT2D eigenvalue weighted by Gasteiger charge is 2.13. The lowest BCUT2D eigenvalue weighted by Crippen LogP contribution is -2.21. The van der Waals surface area contributed by atoms with Gasteiger partial charge in [-0.05, 0) is 11.1 Å². The molecule has 0 unspecified atom stereocenters. The van der Waals surface area contributed by atoms with Crippen LogP contribution in [0, 0.1) is 0 Å². The molecule has 1 aliphatic rings. The topological polar surface area (TPSA) is 34.9 Å². The molecule has 16 heavy (non-hydrogen) atoms. The maximum absolute atomic E-state index is 11.7. The van der Waals surface area contributed by atoms with Gasteiger partial charge in [-0.25, -0.2) is 4.98 Å². The van der Waals surface area contributed by atoms with Crippen LogP contribution in [-0.4, -0.2) is 9.55 Å². The van der Waals surface area contributed by atoms with E-state index in [0.717, 1.165) is 10.9 Å². The first kappa shape index (κ1) is 9.66. The monoisotopic (exact) mass is 230 g/mol. The number of nitrogens with zero attached hydrogens (tertiary/aromatic N) is 2. The van der Waals surface area contributed by atoms with Gasteiger partial charge in [0.25, 0.3) is 5.56 Å². The van der Waals surface area contributed by atoms with E-state index in [1.54, 1.807) is 22.5 Å². The lowest BCUT2D eigenvalue weighted by Gasteiger charge is -2.06. The SMILES string of the molecule is O=c1ccnc2n1Cc1ccccc1CS2. The highest BCUT2D eigenvalue weighted by molar-refractivity contribution is 7.98. The van der Waals surface area contributed by atoms with Crippen LogP contribution in [0.5, 0.6) is 0 Å². The number of aromatic nitrogens is 2. The first-order valence-electron chi connectivity index (χ1n) is 5.10. The minimum atomic E-state index is 0.0224. The average molecular weight is 230 g/mol. The molecule has 0 bridgehead atoms. The molecular formula is C12H10N2OS. The van der Waals surface area contributed by atoms with Crippen molar-refractivity contribution in [3.05, 3.63) is 58.0 Å². The third kappa shape index (κ3) is 1.55. The molecule has 0 amide bonds. The summed E-state index contributed by atoms with van der Waals surface area (Å²) in [5, 5.41) is 0.809. The Morgan fingerprint density at radius 1 is 1.19 bits per heavy atom. The van der Waals surface area contributed by atoms with Gasteiger partial charge in [0.05, 0.1) is 6.54 Å². The van der Waals surface area contributed by atoms with E-state index in [0.29, 0.717) is 6.54 Å². The molecule has 0 fully saturated rings. The van der Waals surface area contributed by atoms with Gasteiger partial charge in [-0.2, -0.15) is 0 Å². The van der Waals surface area contributed by atoms with Crippen LogP contribution >= 0.6 is 11.8 Å². The normalized spacial score (nSPS) is 13.8. The van der Waals surface area contributed by atoms with E-state index in [2.05, 4.69) is 17.1 Å². The van der Waals surface area contributed by atoms with E-state index < -0.39 is 0 Å². The molecule has 0 saturated carbocycles. The van der Waals surface area contributed by atoms with E-state index in [1.165, 1.54) is 17.2 Å². The van der Waals surface area contributed by atoms with E-state index in [1.807, 2.05) is 12.1 Å². The standard InChI is InChI=1S/C12H10N2OS/c15-11-5-6-13-12-14(11)7-9-3-1-2-4-10(9)8-16-12/h1-6H,7-8H2. The third-order valence-corrected chi connectivity index (χ3v) is 3.74. The highest BCUT2D eigenvalue weighted by Crippen LogP contribution is 2.26. The summed E-state index contributed by atoms with van der Waals surface area (Å²) in [5.41, 5.74) is 2.52. The second kappa shape index (κ2) is 3.79. The van der Waals surface area contributed by atoms with E-state index in [9.17, 15) is 4.79 Å². The Kier molecular flexibility index (Phi) is 2.29. The fraction of sp³-hybridized carbons (Fsp3) is 0.167. The van der Waals surface area contributed by atoms with Gasteiger partial charge in [0.1, 0.15) is 0 Å². The summed E-state index contributed by atoms with van der Waals surface area (Å²) in [5.74, 6) is 0.882. The molecule has 0 atom stereocenters. The quantitative estimate of drug-likeness (QED) is 0.648. The molecule has 0 radical (unpaired) electrons. The minimum absolute atomic E-state index is 0.0224. The Labute approximate surface area is 97.1 Å². The Bertz CT molecular complexity index is 592. The van der Waals surface area contributed by atoms with Gasteiger partial charge in [-0.1, -0.05) is 36.0 Å². The highest BCUT2D eigenvalue weighted by atomic mass is 32.2. The van der Waals surface area contributed by atoms with Crippen molar-refractivity contribution < 1.29 is 0 Å². The predicted molar refractivity (Wildman–Crippen MR) is 63.6 cm³/mol. The lowest BCUT2D eigenvalue weighted by atomic mass is 10.1. The Hall–Kier alpha value is -1.55. The molecule has 4 heteroatoms. The zero-order valence-electron chi connectivity index (χ0n) is 8.59. The van der Waals surface area contributed by atoms with E-state index in [-0.39, 0.29) is 5.56 Å². The number of hydrogen-bond donors (Lipinski definition) is 0. The van der Waals surface area contributed by atoms with Crippen molar-refractivity contribution in [3.8, 4) is 0 Å². The van der Waals surface area contributed by atoms with Gasteiger partial charge in [0.2, 0.25) is 0 Å². The fourth-order valence-corrected chi connectivity index (χ4v) is 2.86. The Balaban J connectivity index is 2.17. The van der Waals surface area contributed by atoms with E-state index >= 15 is 0 Å². The summed E-state index contributed by atoms with van der Waals surface area (Å²) in [6, 6.07) is 9.74. The molecule has 0 saturated heterocycles. The summed E-state index contributed by atoms with van der Waals surface area (Å²) in [7, 11) is 0. The van der Waals surface area contributed by atoms with Crippen molar-refractivity contribution in [3.63, 3.8) is 0 Å². The Morgan fingerprint density at radius 2 is 2.00 bits per heavy atom. The van der Waals surface area contributed by atoms with Crippen LogP contribution in [0.1, 0.15) is 11.1 Å². The molecule has 0 N–H and O–H groups in total. The van der Waals surface area contributed by atoms with Gasteiger partial charge in [-0.15, -0.1) is 0 Å². The Morgan fingerprint density at radius 3 is 2.88 bits per heavy atom. The number of thioether (sulfide) groups is 1. The van der Waals surface area contributed by atoms with Crippen LogP contribution in [0.3, 0.4) is 0 Å². The zero-order chi connectivity index (χ0) is 11.0. The largest absolute Gasteiger partial charge is 0.283 e. The maximum atomic E-state index is 11.7. The smallest absolute Gasteiger partial charge is 0.254 e. The predicted octanol–water partition coefficient (Wildman–Crippen LogP) is 1.90. The van der Waals surface area contributed by atoms with Crippen LogP contribution < -0.4 is 5.56 Å². The number of fused-ring (bicyclic) bond motifs is 2. The van der Waals surface area contributed by atoms with Gasteiger partial charge >= 0.3 is 0 Å². The van der Waals surface area contributed by atoms with Crippen LogP contribution in [0.4, 0.5) is 0 Å². The van der Waals surface area contributed by atoms with Crippen molar-refractivity contribution in [2.75, 3.05) is 0 Å². The molecular weight excluding hydrogens is 220 g/mol. The zero-order valence-corrected chi connectivity index (χ0v) is 9.41. The first-order chi connectivity index (χ1) is 7.84. The summed E-state index contributed by atoms with van der Waals surface area (Å²) in [4.78, 5) is 16.0. The molecule has 1 aliphatic heterocycles. The summed E-state index contributed by atoms with van der Waals surface area (Å²) < 4.78 is 1.73. The molecule has 1 aromatic carbocycles. The molecule has 80 valence electrons. The maximum Gasteiger partial charge on any atom is 0.254 e. The van der Waals surface area contributed by atoms with Crippen LogP contribution in [0.2, 0.25) is 0 Å². The van der Waals surface area contributed by atoms with Crippen molar-refractivity contribution in [1.29, 1.82) is 0 Å². The van der Waals surface area contributed by atoms with Gasteiger partial charge in [0.15, 0.2) is 5.16 Å². The van der Waals surface area contributed by atoms with Crippen molar-refractivity contribution in [1.82, 2.24) is 9.55 Å². The van der Waals surface area contributed by atoms with Crippen LogP contribution in [0.25, 0.3) is 0 Å². The second-order valence-corrected chi connectivity index (χ2v) is 4.65. The lowest BCUT2D eigenvalue weighted by molar-refractivity contribution is 0.648. The van der Waals surface area contributed by atoms with E-state index in [4.69, 9.17) is 0 Å². The average Bonchev–Trinajstić information content (AvgIpc) is 2.50. The molecule has 0 spiro atoms. The van der Waals surface area contributed by atoms with Gasteiger partial charge in [0, 0.05) is 18.0 Å². The van der Waals surface area contributed by atoms with Crippen molar-refractivity contribution >= 4 is 11.8 Å².